The van der Waals surface area contributed by atoms with E-state index in [2.05, 4.69) is 10.3 Å². The van der Waals surface area contributed by atoms with Crippen molar-refractivity contribution in [2.45, 2.75) is 38.5 Å². The van der Waals surface area contributed by atoms with Crippen molar-refractivity contribution in [1.82, 2.24) is 9.55 Å². The molecule has 0 saturated carbocycles. The van der Waals surface area contributed by atoms with E-state index in [-0.39, 0.29) is 40.4 Å². The normalized spacial score (nSPS) is 13.9. The highest BCUT2D eigenvalue weighted by atomic mass is 32.2. The highest BCUT2D eigenvalue weighted by Crippen LogP contribution is 2.30. The van der Waals surface area contributed by atoms with Crippen LogP contribution in [0, 0.1) is 5.41 Å². The predicted octanol–water partition coefficient (Wildman–Crippen LogP) is 3.81. The molecule has 0 unspecified atom stereocenters. The number of fused-ring (bicyclic) bond motifs is 1. The molecule has 1 aliphatic heterocycles. The van der Waals surface area contributed by atoms with Crippen molar-refractivity contribution in [2.24, 2.45) is 5.41 Å². The number of rotatable bonds is 5. The molecule has 0 fully saturated rings. The van der Waals surface area contributed by atoms with Crippen molar-refractivity contribution < 1.29 is 22.7 Å². The van der Waals surface area contributed by atoms with Crippen molar-refractivity contribution >= 4 is 23.5 Å². The molecule has 0 atom stereocenters. The zero-order valence-electron chi connectivity index (χ0n) is 16.1. The molecular weight excluding hydrogens is 407 g/mol. The summed E-state index contributed by atoms with van der Waals surface area (Å²) in [7, 11) is 0. The minimum absolute atomic E-state index is 0.0361. The molecule has 3 rings (SSSR count). The minimum Gasteiger partial charge on any atom is -0.484 e. The number of thioether (sulfide) groups is 1. The number of nitrogens with one attached hydrogen (secondary N) is 1. The number of anilines is 1. The van der Waals surface area contributed by atoms with Crippen LogP contribution in [-0.4, -0.2) is 34.0 Å². The molecular formula is C19H20F3N3O3S. The van der Waals surface area contributed by atoms with E-state index in [4.69, 9.17) is 4.74 Å². The maximum atomic E-state index is 13.0. The van der Waals surface area contributed by atoms with Gasteiger partial charge in [-0.15, -0.1) is 0 Å². The van der Waals surface area contributed by atoms with Crippen LogP contribution in [0.1, 0.15) is 26.3 Å². The second kappa shape index (κ2) is 7.74. The highest BCUT2D eigenvalue weighted by Gasteiger charge is 2.29. The Balaban J connectivity index is 1.97. The van der Waals surface area contributed by atoms with Crippen LogP contribution in [0.15, 0.2) is 34.2 Å². The standard InChI is InChI=1S/C19H20F3N3O3S/c1-18(2,3)10-29-17-24-15-13(8-14(26)23-15)16(27)25(17)11-4-6-12(7-5-11)28-9-19(20,21)22/h4-7H,8-10H2,1-3H3,(H,23,26). The Kier molecular flexibility index (Phi) is 5.66. The second-order valence-electron chi connectivity index (χ2n) is 7.83. The van der Waals surface area contributed by atoms with Crippen LogP contribution in [0.2, 0.25) is 0 Å². The average molecular weight is 427 g/mol. The third-order valence-electron chi connectivity index (χ3n) is 3.87. The predicted molar refractivity (Wildman–Crippen MR) is 104 cm³/mol. The number of benzene rings is 1. The smallest absolute Gasteiger partial charge is 0.422 e. The molecule has 0 aliphatic carbocycles. The van der Waals surface area contributed by atoms with Crippen LogP contribution >= 0.6 is 11.8 Å². The molecule has 0 bridgehead atoms. The molecule has 1 aromatic carbocycles. The Morgan fingerprint density at radius 3 is 2.41 bits per heavy atom. The number of amides is 1. The van der Waals surface area contributed by atoms with Crippen LogP contribution < -0.4 is 15.6 Å². The van der Waals surface area contributed by atoms with E-state index in [0.29, 0.717) is 16.6 Å². The van der Waals surface area contributed by atoms with Gasteiger partial charge in [-0.3, -0.25) is 14.2 Å². The molecule has 6 nitrogen and oxygen atoms in total. The van der Waals surface area contributed by atoms with Crippen molar-refractivity contribution in [2.75, 3.05) is 17.7 Å². The number of alkyl halides is 3. The van der Waals surface area contributed by atoms with Gasteiger partial charge < -0.3 is 10.1 Å². The Labute approximate surface area is 169 Å². The summed E-state index contributed by atoms with van der Waals surface area (Å²) in [5.74, 6) is 0.663. The van der Waals surface area contributed by atoms with Crippen LogP contribution in [0.4, 0.5) is 19.0 Å². The van der Waals surface area contributed by atoms with E-state index in [0.717, 1.165) is 0 Å². The van der Waals surface area contributed by atoms with Gasteiger partial charge in [0.15, 0.2) is 11.8 Å². The van der Waals surface area contributed by atoms with Gasteiger partial charge in [0.25, 0.3) is 5.56 Å². The number of halogens is 3. The van der Waals surface area contributed by atoms with Gasteiger partial charge in [-0.05, 0) is 29.7 Å². The first kappa shape index (κ1) is 21.2. The molecule has 2 aromatic rings. The van der Waals surface area contributed by atoms with E-state index in [1.165, 1.54) is 40.6 Å². The summed E-state index contributed by atoms with van der Waals surface area (Å²) in [6, 6.07) is 5.71. The summed E-state index contributed by atoms with van der Waals surface area (Å²) in [6.07, 6.45) is -4.49. The maximum absolute atomic E-state index is 13.0. The monoisotopic (exact) mass is 427 g/mol. The fraction of sp³-hybridized carbons (Fsp3) is 0.421. The number of aromatic nitrogens is 2. The van der Waals surface area contributed by atoms with Gasteiger partial charge >= 0.3 is 6.18 Å². The Bertz CT molecular complexity index is 980. The van der Waals surface area contributed by atoms with E-state index in [9.17, 15) is 22.8 Å². The first-order chi connectivity index (χ1) is 13.4. The Morgan fingerprint density at radius 1 is 1.17 bits per heavy atom. The zero-order chi connectivity index (χ0) is 21.4. The van der Waals surface area contributed by atoms with E-state index in [1.807, 2.05) is 20.8 Å². The van der Waals surface area contributed by atoms with Gasteiger partial charge in [0.1, 0.15) is 11.6 Å². The fourth-order valence-electron chi connectivity index (χ4n) is 2.60. The third kappa shape index (κ3) is 5.31. The molecule has 1 amide bonds. The molecule has 29 heavy (non-hydrogen) atoms. The molecule has 1 N–H and O–H groups in total. The van der Waals surface area contributed by atoms with Gasteiger partial charge in [-0.1, -0.05) is 32.5 Å². The van der Waals surface area contributed by atoms with Gasteiger partial charge in [-0.2, -0.15) is 13.2 Å². The second-order valence-corrected chi connectivity index (χ2v) is 8.78. The van der Waals surface area contributed by atoms with Crippen LogP contribution in [0.5, 0.6) is 5.75 Å². The van der Waals surface area contributed by atoms with Gasteiger partial charge in [0, 0.05) is 5.75 Å². The van der Waals surface area contributed by atoms with E-state index < -0.39 is 12.8 Å². The summed E-state index contributed by atoms with van der Waals surface area (Å²) < 4.78 is 43.0. The van der Waals surface area contributed by atoms with Gasteiger partial charge in [0.2, 0.25) is 5.91 Å². The van der Waals surface area contributed by atoms with Crippen LogP contribution in [-0.2, 0) is 11.2 Å². The van der Waals surface area contributed by atoms with Crippen LogP contribution in [0.25, 0.3) is 5.69 Å². The molecule has 1 aromatic heterocycles. The quantitative estimate of drug-likeness (QED) is 0.580. The number of ether oxygens (including phenoxy) is 1. The number of carbonyl (C=O) groups excluding carboxylic acids is 1. The lowest BCUT2D eigenvalue weighted by molar-refractivity contribution is -0.153. The third-order valence-corrected chi connectivity index (χ3v) is 5.42. The first-order valence-electron chi connectivity index (χ1n) is 8.81. The molecule has 2 heterocycles. The van der Waals surface area contributed by atoms with Crippen molar-refractivity contribution in [1.29, 1.82) is 0 Å². The molecule has 0 spiro atoms. The minimum atomic E-state index is -4.43. The van der Waals surface area contributed by atoms with Gasteiger partial charge in [-0.25, -0.2) is 4.98 Å². The lowest BCUT2D eigenvalue weighted by Crippen LogP contribution is -2.25. The SMILES string of the molecule is CC(C)(C)CSc1nc2c(c(=O)n1-c1ccc(OCC(F)(F)F)cc1)CC(=O)N2. The number of nitrogens with zero attached hydrogens (tertiary/aromatic N) is 2. The number of carbonyl (C=O) groups is 1. The zero-order valence-corrected chi connectivity index (χ0v) is 16.9. The van der Waals surface area contributed by atoms with Crippen molar-refractivity contribution in [3.63, 3.8) is 0 Å². The summed E-state index contributed by atoms with van der Waals surface area (Å²) in [4.78, 5) is 29.2. The summed E-state index contributed by atoms with van der Waals surface area (Å²) >= 11 is 1.37. The lowest BCUT2D eigenvalue weighted by Gasteiger charge is -2.19. The highest BCUT2D eigenvalue weighted by molar-refractivity contribution is 7.99. The lowest BCUT2D eigenvalue weighted by atomic mass is 10.0. The Hall–Kier alpha value is -2.49. The number of hydrogen-bond acceptors (Lipinski definition) is 5. The first-order valence-corrected chi connectivity index (χ1v) is 9.80. The summed E-state index contributed by atoms with van der Waals surface area (Å²) in [5, 5.41) is 2.99. The largest absolute Gasteiger partial charge is 0.484 e. The van der Waals surface area contributed by atoms with E-state index >= 15 is 0 Å². The summed E-state index contributed by atoms with van der Waals surface area (Å²) in [6.45, 7) is 4.74. The molecule has 0 saturated heterocycles. The average Bonchev–Trinajstić information content (AvgIpc) is 2.98. The van der Waals surface area contributed by atoms with E-state index in [1.54, 1.807) is 0 Å². The summed E-state index contributed by atoms with van der Waals surface area (Å²) in [5.41, 5.74) is 0.284. The molecule has 1 aliphatic rings. The molecule has 0 radical (unpaired) electrons. The fourth-order valence-corrected chi connectivity index (χ4v) is 3.63. The molecule has 10 heteroatoms. The van der Waals surface area contributed by atoms with Crippen LogP contribution in [0.3, 0.4) is 0 Å². The maximum Gasteiger partial charge on any atom is 0.422 e. The number of hydrogen-bond donors (Lipinski definition) is 1. The van der Waals surface area contributed by atoms with Crippen molar-refractivity contribution in [3.05, 3.63) is 40.2 Å². The van der Waals surface area contributed by atoms with Gasteiger partial charge in [0.05, 0.1) is 17.7 Å². The van der Waals surface area contributed by atoms with Crippen molar-refractivity contribution in [3.8, 4) is 11.4 Å². The topological polar surface area (TPSA) is 73.2 Å². The Morgan fingerprint density at radius 2 is 1.83 bits per heavy atom. The molecule has 156 valence electrons.